The minimum Gasteiger partial charge on any atom is -0.461 e. The van der Waals surface area contributed by atoms with Crippen molar-refractivity contribution in [1.29, 1.82) is 0 Å². The van der Waals surface area contributed by atoms with E-state index in [1.54, 1.807) is 11.5 Å². The van der Waals surface area contributed by atoms with Gasteiger partial charge in [-0.2, -0.15) is 0 Å². The molecular weight excluding hydrogens is 238 g/mol. The first-order chi connectivity index (χ1) is 8.72. The van der Waals surface area contributed by atoms with E-state index in [0.717, 1.165) is 0 Å². The fourth-order valence-corrected chi connectivity index (χ4v) is 1.76. The van der Waals surface area contributed by atoms with Gasteiger partial charge in [-0.1, -0.05) is 0 Å². The molecular formula is C11H17N3O4. The van der Waals surface area contributed by atoms with Crippen molar-refractivity contribution in [3.8, 4) is 0 Å². The van der Waals surface area contributed by atoms with Crippen molar-refractivity contribution in [1.82, 2.24) is 9.55 Å². The van der Waals surface area contributed by atoms with E-state index in [0.29, 0.717) is 38.8 Å². The average molecular weight is 255 g/mol. The fraction of sp³-hybridized carbons (Fsp3) is 0.636. The summed E-state index contributed by atoms with van der Waals surface area (Å²) in [5.74, 6) is -0.211. The Labute approximate surface area is 105 Å². The van der Waals surface area contributed by atoms with E-state index >= 15 is 0 Å². The Morgan fingerprint density at radius 3 is 3.17 bits per heavy atom. The van der Waals surface area contributed by atoms with Crippen LogP contribution in [-0.4, -0.2) is 48.1 Å². The maximum atomic E-state index is 11.5. The predicted octanol–water partition coefficient (Wildman–Crippen LogP) is 0.0574. The van der Waals surface area contributed by atoms with Crippen LogP contribution in [0, 0.1) is 0 Å². The molecule has 0 amide bonds. The summed E-state index contributed by atoms with van der Waals surface area (Å²) in [4.78, 5) is 15.5. The molecule has 1 aromatic rings. The normalized spacial score (nSPS) is 19.7. The number of nitrogens with two attached hydrogens (primary N) is 1. The molecule has 2 heterocycles. The van der Waals surface area contributed by atoms with Crippen LogP contribution in [0.15, 0.2) is 6.33 Å². The zero-order chi connectivity index (χ0) is 13.0. The first kappa shape index (κ1) is 12.8. The number of imidazole rings is 1. The van der Waals surface area contributed by atoms with E-state index in [-0.39, 0.29) is 11.8 Å². The van der Waals surface area contributed by atoms with Gasteiger partial charge in [-0.25, -0.2) is 9.78 Å². The van der Waals surface area contributed by atoms with Gasteiger partial charge < -0.3 is 24.5 Å². The Morgan fingerprint density at radius 2 is 2.50 bits per heavy atom. The number of hydrogen-bond donors (Lipinski definition) is 1. The molecule has 2 N–H and O–H groups in total. The molecule has 7 nitrogen and oxygen atoms in total. The van der Waals surface area contributed by atoms with Gasteiger partial charge in [0.05, 0.1) is 45.4 Å². The molecule has 1 unspecified atom stereocenters. The van der Waals surface area contributed by atoms with Crippen LogP contribution in [0.25, 0.3) is 0 Å². The summed E-state index contributed by atoms with van der Waals surface area (Å²) in [5, 5.41) is 0. The Kier molecular flexibility index (Phi) is 4.16. The number of carbonyl (C=O) groups is 1. The third-order valence-corrected chi connectivity index (χ3v) is 2.63. The van der Waals surface area contributed by atoms with Crippen LogP contribution in [0.1, 0.15) is 17.4 Å². The second-order valence-corrected chi connectivity index (χ2v) is 3.92. The van der Waals surface area contributed by atoms with Crippen molar-refractivity contribution in [3.63, 3.8) is 0 Å². The molecule has 18 heavy (non-hydrogen) atoms. The third kappa shape index (κ3) is 2.80. The van der Waals surface area contributed by atoms with E-state index in [1.807, 2.05) is 0 Å². The van der Waals surface area contributed by atoms with Gasteiger partial charge in [0.25, 0.3) is 0 Å². The van der Waals surface area contributed by atoms with Crippen LogP contribution in [-0.2, 0) is 20.8 Å². The predicted molar refractivity (Wildman–Crippen MR) is 63.2 cm³/mol. The van der Waals surface area contributed by atoms with Crippen molar-refractivity contribution >= 4 is 11.8 Å². The molecule has 0 spiro atoms. The van der Waals surface area contributed by atoms with E-state index in [2.05, 4.69) is 4.98 Å². The highest BCUT2D eigenvalue weighted by molar-refractivity contribution is 5.92. The molecule has 1 aliphatic rings. The molecule has 1 saturated heterocycles. The van der Waals surface area contributed by atoms with Gasteiger partial charge in [-0.3, -0.25) is 0 Å². The molecule has 1 atom stereocenters. The summed E-state index contributed by atoms with van der Waals surface area (Å²) in [6.45, 7) is 4.25. The lowest BCUT2D eigenvalue weighted by atomic mass is 10.3. The maximum absolute atomic E-state index is 11.5. The summed E-state index contributed by atoms with van der Waals surface area (Å²) in [6, 6.07) is 0. The largest absolute Gasteiger partial charge is 0.461 e. The second kappa shape index (κ2) is 5.83. The molecule has 7 heteroatoms. The molecule has 0 aromatic carbocycles. The minimum atomic E-state index is -0.505. The van der Waals surface area contributed by atoms with Crippen LogP contribution in [0.3, 0.4) is 0 Å². The lowest BCUT2D eigenvalue weighted by Gasteiger charge is -2.23. The standard InChI is InChI=1S/C11H17N3O4/c1-2-17-11(15)9-10(12)14(7-13-9)5-8-6-16-3-4-18-8/h7-8H,2-6,12H2,1H3. The summed E-state index contributed by atoms with van der Waals surface area (Å²) in [5.41, 5.74) is 6.00. The molecule has 0 saturated carbocycles. The van der Waals surface area contributed by atoms with Crippen molar-refractivity contribution in [3.05, 3.63) is 12.0 Å². The highest BCUT2D eigenvalue weighted by Gasteiger charge is 2.20. The van der Waals surface area contributed by atoms with E-state index < -0.39 is 5.97 Å². The van der Waals surface area contributed by atoms with Gasteiger partial charge in [-0.05, 0) is 6.92 Å². The molecule has 0 bridgehead atoms. The monoisotopic (exact) mass is 255 g/mol. The quantitative estimate of drug-likeness (QED) is 0.765. The number of rotatable bonds is 4. The average Bonchev–Trinajstić information content (AvgIpc) is 2.73. The van der Waals surface area contributed by atoms with Crippen LogP contribution < -0.4 is 5.73 Å². The van der Waals surface area contributed by atoms with Crippen molar-refractivity contribution < 1.29 is 19.0 Å². The third-order valence-electron chi connectivity index (χ3n) is 2.63. The van der Waals surface area contributed by atoms with Gasteiger partial charge in [0.15, 0.2) is 5.69 Å². The first-order valence-corrected chi connectivity index (χ1v) is 5.89. The number of hydrogen-bond acceptors (Lipinski definition) is 6. The van der Waals surface area contributed by atoms with Crippen LogP contribution >= 0.6 is 0 Å². The number of anilines is 1. The van der Waals surface area contributed by atoms with Crippen LogP contribution in [0.2, 0.25) is 0 Å². The van der Waals surface area contributed by atoms with Crippen molar-refractivity contribution in [2.24, 2.45) is 0 Å². The SMILES string of the molecule is CCOC(=O)c1ncn(CC2COCCO2)c1N. The Bertz CT molecular complexity index is 412. The topological polar surface area (TPSA) is 88.6 Å². The Hall–Kier alpha value is -1.60. The number of carbonyl (C=O) groups excluding carboxylic acids is 1. The molecule has 0 aliphatic carbocycles. The molecule has 1 aromatic heterocycles. The molecule has 0 radical (unpaired) electrons. The zero-order valence-corrected chi connectivity index (χ0v) is 10.3. The van der Waals surface area contributed by atoms with E-state index in [9.17, 15) is 4.79 Å². The fourth-order valence-electron chi connectivity index (χ4n) is 1.76. The lowest BCUT2D eigenvalue weighted by Crippen LogP contribution is -2.32. The van der Waals surface area contributed by atoms with Crippen LogP contribution in [0.4, 0.5) is 5.82 Å². The molecule has 100 valence electrons. The Balaban J connectivity index is 2.03. The molecule has 1 fully saturated rings. The van der Waals surface area contributed by atoms with Crippen molar-refractivity contribution in [2.45, 2.75) is 19.6 Å². The minimum absolute atomic E-state index is 0.0645. The summed E-state index contributed by atoms with van der Waals surface area (Å²) in [6.07, 6.45) is 1.45. The second-order valence-electron chi connectivity index (χ2n) is 3.92. The van der Waals surface area contributed by atoms with Crippen molar-refractivity contribution in [2.75, 3.05) is 32.2 Å². The van der Waals surface area contributed by atoms with E-state index in [4.69, 9.17) is 19.9 Å². The lowest BCUT2D eigenvalue weighted by molar-refractivity contribution is -0.0934. The highest BCUT2D eigenvalue weighted by atomic mass is 16.6. The Morgan fingerprint density at radius 1 is 1.67 bits per heavy atom. The van der Waals surface area contributed by atoms with E-state index in [1.165, 1.54) is 6.33 Å². The number of aromatic nitrogens is 2. The number of esters is 1. The number of ether oxygens (including phenoxy) is 3. The van der Waals surface area contributed by atoms with Gasteiger partial charge in [0.1, 0.15) is 5.82 Å². The first-order valence-electron chi connectivity index (χ1n) is 5.89. The van der Waals surface area contributed by atoms with Crippen LogP contribution in [0.5, 0.6) is 0 Å². The molecule has 1 aliphatic heterocycles. The van der Waals surface area contributed by atoms with Gasteiger partial charge >= 0.3 is 5.97 Å². The summed E-state index contributed by atoms with van der Waals surface area (Å²) in [7, 11) is 0. The summed E-state index contributed by atoms with van der Waals surface area (Å²) < 4.78 is 17.3. The smallest absolute Gasteiger partial charge is 0.360 e. The zero-order valence-electron chi connectivity index (χ0n) is 10.3. The molecule has 2 rings (SSSR count). The number of nitrogens with zero attached hydrogens (tertiary/aromatic N) is 2. The van der Waals surface area contributed by atoms with Gasteiger partial charge in [0.2, 0.25) is 0 Å². The highest BCUT2D eigenvalue weighted by Crippen LogP contribution is 2.14. The maximum Gasteiger partial charge on any atom is 0.360 e. The summed E-state index contributed by atoms with van der Waals surface area (Å²) >= 11 is 0. The number of nitrogen functional groups attached to an aromatic ring is 1. The van der Waals surface area contributed by atoms with Gasteiger partial charge in [-0.15, -0.1) is 0 Å². The van der Waals surface area contributed by atoms with Gasteiger partial charge in [0, 0.05) is 0 Å².